The standard InChI is InChI=1S/C21H17F3N6O/c1-13-11-29-6-4-14(8-19(29)27-13)20-17(3-2-16(9-25)28-20)15-10-26-30(12-15)7-5-18(31)21(22,23)24/h2-4,6,8,10-12,18,31H,5,7H2,1H3. The molecule has 1 atom stereocenters. The van der Waals surface area contributed by atoms with E-state index in [1.807, 2.05) is 41.9 Å². The lowest BCUT2D eigenvalue weighted by Crippen LogP contribution is -2.29. The van der Waals surface area contributed by atoms with Gasteiger partial charge < -0.3 is 9.51 Å². The van der Waals surface area contributed by atoms with Crippen LogP contribution >= 0.6 is 0 Å². The van der Waals surface area contributed by atoms with Crippen molar-refractivity contribution in [3.63, 3.8) is 0 Å². The monoisotopic (exact) mass is 426 g/mol. The summed E-state index contributed by atoms with van der Waals surface area (Å²) < 4.78 is 40.8. The lowest BCUT2D eigenvalue weighted by Gasteiger charge is -2.13. The normalized spacial score (nSPS) is 12.8. The molecule has 7 nitrogen and oxygen atoms in total. The van der Waals surface area contributed by atoms with Gasteiger partial charge in [-0.05, 0) is 31.2 Å². The fourth-order valence-corrected chi connectivity index (χ4v) is 3.27. The first kappa shape index (κ1) is 20.6. The molecule has 0 saturated carbocycles. The molecule has 4 aromatic rings. The van der Waals surface area contributed by atoms with Crippen LogP contribution in [0.5, 0.6) is 0 Å². The minimum Gasteiger partial charge on any atom is -0.384 e. The number of fused-ring (bicyclic) bond motifs is 1. The number of aliphatic hydroxyl groups excluding tert-OH is 1. The quantitative estimate of drug-likeness (QED) is 0.525. The van der Waals surface area contributed by atoms with Gasteiger partial charge in [-0.2, -0.15) is 23.5 Å². The molecule has 4 heterocycles. The molecule has 1 unspecified atom stereocenters. The number of hydrogen-bond acceptors (Lipinski definition) is 5. The van der Waals surface area contributed by atoms with Crippen molar-refractivity contribution in [2.75, 3.05) is 0 Å². The van der Waals surface area contributed by atoms with Crippen LogP contribution in [-0.4, -0.2) is 41.5 Å². The molecule has 0 radical (unpaired) electrons. The summed E-state index contributed by atoms with van der Waals surface area (Å²) in [5, 5.41) is 22.6. The van der Waals surface area contributed by atoms with E-state index >= 15 is 0 Å². The van der Waals surface area contributed by atoms with E-state index in [0.29, 0.717) is 16.8 Å². The first-order valence-corrected chi connectivity index (χ1v) is 9.39. The van der Waals surface area contributed by atoms with E-state index in [-0.39, 0.29) is 12.2 Å². The predicted molar refractivity (Wildman–Crippen MR) is 106 cm³/mol. The molecule has 0 fully saturated rings. The molecule has 158 valence electrons. The van der Waals surface area contributed by atoms with Crippen LogP contribution in [0.2, 0.25) is 0 Å². The number of nitriles is 1. The van der Waals surface area contributed by atoms with Crippen LogP contribution in [0.3, 0.4) is 0 Å². The highest BCUT2D eigenvalue weighted by Crippen LogP contribution is 2.31. The molecule has 0 bridgehead atoms. The minimum absolute atomic E-state index is 0.0982. The molecular weight excluding hydrogens is 409 g/mol. The van der Waals surface area contributed by atoms with Crippen molar-refractivity contribution in [2.45, 2.75) is 32.2 Å². The van der Waals surface area contributed by atoms with Crippen molar-refractivity contribution in [3.05, 3.63) is 60.4 Å². The molecule has 0 saturated heterocycles. The van der Waals surface area contributed by atoms with E-state index in [1.54, 1.807) is 18.3 Å². The summed E-state index contributed by atoms with van der Waals surface area (Å²) in [7, 11) is 0. The van der Waals surface area contributed by atoms with E-state index in [2.05, 4.69) is 15.1 Å². The fraction of sp³-hybridized carbons (Fsp3) is 0.238. The number of aryl methyl sites for hydroxylation is 2. The van der Waals surface area contributed by atoms with Crippen molar-refractivity contribution in [1.29, 1.82) is 5.26 Å². The Balaban J connectivity index is 1.69. The molecule has 0 aliphatic rings. The zero-order valence-electron chi connectivity index (χ0n) is 16.4. The third-order valence-electron chi connectivity index (χ3n) is 4.82. The highest BCUT2D eigenvalue weighted by atomic mass is 19.4. The van der Waals surface area contributed by atoms with Crippen LogP contribution in [0.4, 0.5) is 13.2 Å². The molecule has 4 rings (SSSR count). The van der Waals surface area contributed by atoms with Crippen LogP contribution in [-0.2, 0) is 6.54 Å². The second kappa shape index (κ2) is 7.85. The zero-order chi connectivity index (χ0) is 22.2. The Morgan fingerprint density at radius 2 is 1.97 bits per heavy atom. The van der Waals surface area contributed by atoms with E-state index in [0.717, 1.165) is 16.9 Å². The largest absolute Gasteiger partial charge is 0.414 e. The number of alkyl halides is 3. The molecule has 0 aliphatic heterocycles. The van der Waals surface area contributed by atoms with E-state index in [1.165, 1.54) is 10.9 Å². The number of nitrogens with zero attached hydrogens (tertiary/aromatic N) is 6. The molecule has 0 amide bonds. The maximum Gasteiger partial charge on any atom is 0.414 e. The molecule has 10 heteroatoms. The van der Waals surface area contributed by atoms with Gasteiger partial charge in [-0.15, -0.1) is 0 Å². The Bertz CT molecular complexity index is 1280. The van der Waals surface area contributed by atoms with Gasteiger partial charge in [-0.1, -0.05) is 0 Å². The Morgan fingerprint density at radius 3 is 2.71 bits per heavy atom. The van der Waals surface area contributed by atoms with E-state index in [9.17, 15) is 23.5 Å². The highest BCUT2D eigenvalue weighted by molar-refractivity contribution is 5.81. The Hall–Kier alpha value is -3.71. The van der Waals surface area contributed by atoms with Crippen molar-refractivity contribution in [1.82, 2.24) is 24.1 Å². The van der Waals surface area contributed by atoms with Crippen LogP contribution in [0, 0.1) is 18.3 Å². The third kappa shape index (κ3) is 4.27. The highest BCUT2D eigenvalue weighted by Gasteiger charge is 2.37. The first-order valence-electron chi connectivity index (χ1n) is 9.39. The average molecular weight is 426 g/mol. The number of aromatic nitrogens is 5. The van der Waals surface area contributed by atoms with Gasteiger partial charge >= 0.3 is 6.18 Å². The SMILES string of the molecule is Cc1cn2ccc(-c3nc(C#N)ccc3-c3cnn(CCC(O)C(F)(F)F)c3)cc2n1. The molecule has 1 N–H and O–H groups in total. The van der Waals surface area contributed by atoms with Crippen LogP contribution < -0.4 is 0 Å². The van der Waals surface area contributed by atoms with Crippen LogP contribution in [0.1, 0.15) is 17.8 Å². The van der Waals surface area contributed by atoms with Gasteiger partial charge in [0.1, 0.15) is 17.4 Å². The van der Waals surface area contributed by atoms with Gasteiger partial charge in [-0.3, -0.25) is 4.68 Å². The first-order chi connectivity index (χ1) is 14.7. The zero-order valence-corrected chi connectivity index (χ0v) is 16.4. The topological polar surface area (TPSA) is 92.0 Å². The van der Waals surface area contributed by atoms with Gasteiger partial charge in [0.25, 0.3) is 0 Å². The molecule has 4 aromatic heterocycles. The summed E-state index contributed by atoms with van der Waals surface area (Å²) in [5.74, 6) is 0. The maximum atomic E-state index is 12.5. The summed E-state index contributed by atoms with van der Waals surface area (Å²) in [6.45, 7) is 1.79. The number of rotatable bonds is 5. The summed E-state index contributed by atoms with van der Waals surface area (Å²) >= 11 is 0. The number of pyridine rings is 2. The van der Waals surface area contributed by atoms with E-state index in [4.69, 9.17) is 0 Å². The third-order valence-corrected chi connectivity index (χ3v) is 4.82. The molecule has 0 aromatic carbocycles. The summed E-state index contributed by atoms with van der Waals surface area (Å²) in [6.07, 6.45) is -0.728. The molecular formula is C21H17F3N6O. The summed E-state index contributed by atoms with van der Waals surface area (Å²) in [6, 6.07) is 9.03. The van der Waals surface area contributed by atoms with Gasteiger partial charge in [0.05, 0.1) is 17.6 Å². The van der Waals surface area contributed by atoms with Crippen molar-refractivity contribution < 1.29 is 18.3 Å². The van der Waals surface area contributed by atoms with Crippen LogP contribution in [0.25, 0.3) is 28.0 Å². The van der Waals surface area contributed by atoms with Gasteiger partial charge in [-0.25, -0.2) is 9.97 Å². The number of aliphatic hydroxyl groups is 1. The second-order valence-electron chi connectivity index (χ2n) is 7.11. The minimum atomic E-state index is -4.66. The Kier molecular flexibility index (Phi) is 5.20. The predicted octanol–water partition coefficient (Wildman–Crippen LogP) is 3.75. The van der Waals surface area contributed by atoms with Gasteiger partial charge in [0.2, 0.25) is 0 Å². The van der Waals surface area contributed by atoms with Gasteiger partial charge in [0.15, 0.2) is 6.10 Å². The average Bonchev–Trinajstić information content (AvgIpc) is 3.35. The maximum absolute atomic E-state index is 12.5. The summed E-state index contributed by atoms with van der Waals surface area (Å²) in [5.41, 5.74) is 4.41. The lowest BCUT2D eigenvalue weighted by molar-refractivity contribution is -0.206. The Morgan fingerprint density at radius 1 is 1.16 bits per heavy atom. The van der Waals surface area contributed by atoms with Crippen LogP contribution in [0.15, 0.2) is 49.1 Å². The smallest absolute Gasteiger partial charge is 0.384 e. The second-order valence-corrected chi connectivity index (χ2v) is 7.11. The number of imidazole rings is 1. The molecule has 31 heavy (non-hydrogen) atoms. The number of hydrogen-bond donors (Lipinski definition) is 1. The Labute approximate surface area is 175 Å². The molecule has 0 spiro atoms. The van der Waals surface area contributed by atoms with Crippen molar-refractivity contribution in [2.24, 2.45) is 0 Å². The lowest BCUT2D eigenvalue weighted by atomic mass is 10.0. The number of halogens is 3. The van der Waals surface area contributed by atoms with Crippen molar-refractivity contribution in [3.8, 4) is 28.5 Å². The molecule has 0 aliphatic carbocycles. The van der Waals surface area contributed by atoms with Gasteiger partial charge in [0, 0.05) is 48.2 Å². The summed E-state index contributed by atoms with van der Waals surface area (Å²) in [4.78, 5) is 8.89. The van der Waals surface area contributed by atoms with E-state index < -0.39 is 18.7 Å². The van der Waals surface area contributed by atoms with Crippen molar-refractivity contribution >= 4 is 5.65 Å². The fourth-order valence-electron chi connectivity index (χ4n) is 3.27.